The number of carbonyl (C=O) groups excluding carboxylic acids is 2. The van der Waals surface area contributed by atoms with Crippen LogP contribution in [0.15, 0.2) is 67.3 Å². The maximum Gasteiger partial charge on any atom is 0.312 e. The highest BCUT2D eigenvalue weighted by molar-refractivity contribution is 5.94. The molecule has 0 spiro atoms. The van der Waals surface area contributed by atoms with Crippen molar-refractivity contribution in [3.63, 3.8) is 0 Å². The number of imidazole rings is 1. The highest BCUT2D eigenvalue weighted by Gasteiger charge is 2.08. The fourth-order valence-corrected chi connectivity index (χ4v) is 2.55. The van der Waals surface area contributed by atoms with Gasteiger partial charge in [-0.3, -0.25) is 4.79 Å². The van der Waals surface area contributed by atoms with Crippen LogP contribution in [0.25, 0.3) is 5.69 Å². The molecule has 0 atom stereocenters. The first-order chi connectivity index (χ1) is 12.6. The summed E-state index contributed by atoms with van der Waals surface area (Å²) in [5.74, 6) is -0.167. The Kier molecular flexibility index (Phi) is 5.28. The Labute approximate surface area is 150 Å². The lowest BCUT2D eigenvalue weighted by molar-refractivity contribution is 0.0951. The summed E-state index contributed by atoms with van der Waals surface area (Å²) in [7, 11) is 0. The normalized spacial score (nSPS) is 10.3. The number of aromatic nitrogens is 2. The summed E-state index contributed by atoms with van der Waals surface area (Å²) in [6.07, 6.45) is 5.29. The molecule has 1 aromatic heterocycles. The third-order valence-electron chi connectivity index (χ3n) is 3.90. The number of nitrogens with two attached hydrogens (primary N) is 1. The van der Waals surface area contributed by atoms with Crippen molar-refractivity contribution in [2.75, 3.05) is 0 Å². The van der Waals surface area contributed by atoms with Crippen molar-refractivity contribution in [1.82, 2.24) is 20.2 Å². The molecule has 0 fully saturated rings. The molecule has 0 aliphatic heterocycles. The topological polar surface area (TPSA) is 102 Å². The minimum Gasteiger partial charge on any atom is -0.352 e. The van der Waals surface area contributed by atoms with Crippen LogP contribution in [-0.4, -0.2) is 21.5 Å². The van der Waals surface area contributed by atoms with E-state index in [2.05, 4.69) is 15.6 Å². The molecule has 7 nitrogen and oxygen atoms in total. The van der Waals surface area contributed by atoms with Crippen molar-refractivity contribution < 1.29 is 9.59 Å². The Hall–Kier alpha value is -3.61. The van der Waals surface area contributed by atoms with Crippen LogP contribution >= 0.6 is 0 Å². The number of nitrogens with one attached hydrogen (secondary N) is 2. The molecular formula is C19H19N5O2. The summed E-state index contributed by atoms with van der Waals surface area (Å²) in [6.45, 7) is 0.730. The van der Waals surface area contributed by atoms with E-state index in [1.165, 1.54) is 0 Å². The number of urea groups is 1. The number of benzene rings is 2. The van der Waals surface area contributed by atoms with Gasteiger partial charge in [-0.05, 0) is 29.3 Å². The first-order valence-corrected chi connectivity index (χ1v) is 8.10. The van der Waals surface area contributed by atoms with Crippen LogP contribution in [0.5, 0.6) is 0 Å². The van der Waals surface area contributed by atoms with Crippen molar-refractivity contribution in [2.24, 2.45) is 5.73 Å². The van der Waals surface area contributed by atoms with Gasteiger partial charge in [-0.25, -0.2) is 9.78 Å². The Balaban J connectivity index is 1.64. The molecule has 4 N–H and O–H groups in total. The third-order valence-corrected chi connectivity index (χ3v) is 3.90. The minimum absolute atomic E-state index is 0.167. The Bertz CT molecular complexity index is 889. The van der Waals surface area contributed by atoms with E-state index in [0.717, 1.165) is 16.8 Å². The van der Waals surface area contributed by atoms with Crippen molar-refractivity contribution in [3.8, 4) is 5.69 Å². The summed E-state index contributed by atoms with van der Waals surface area (Å²) in [4.78, 5) is 27.2. The van der Waals surface area contributed by atoms with Gasteiger partial charge in [0.25, 0.3) is 5.91 Å². The van der Waals surface area contributed by atoms with E-state index in [9.17, 15) is 9.59 Å². The number of amides is 3. The average Bonchev–Trinajstić information content (AvgIpc) is 3.19. The molecule has 3 aromatic rings. The molecule has 0 aliphatic carbocycles. The van der Waals surface area contributed by atoms with Crippen LogP contribution < -0.4 is 16.4 Å². The third kappa shape index (κ3) is 4.27. The van der Waals surface area contributed by atoms with Crippen LogP contribution in [0.4, 0.5) is 4.79 Å². The summed E-state index contributed by atoms with van der Waals surface area (Å²) >= 11 is 0. The largest absolute Gasteiger partial charge is 0.352 e. The molecule has 3 rings (SSSR count). The van der Waals surface area contributed by atoms with Gasteiger partial charge < -0.3 is 20.9 Å². The fraction of sp³-hybridized carbons (Fsp3) is 0.105. The number of rotatable bonds is 6. The van der Waals surface area contributed by atoms with Crippen LogP contribution in [0.3, 0.4) is 0 Å². The fourth-order valence-electron chi connectivity index (χ4n) is 2.55. The molecule has 2 aromatic carbocycles. The lowest BCUT2D eigenvalue weighted by Crippen LogP contribution is -2.28. The summed E-state index contributed by atoms with van der Waals surface area (Å²) < 4.78 is 1.90. The van der Waals surface area contributed by atoms with Crippen molar-refractivity contribution in [1.29, 1.82) is 0 Å². The molecule has 0 radical (unpaired) electrons. The molecule has 0 unspecified atom stereocenters. The van der Waals surface area contributed by atoms with E-state index in [-0.39, 0.29) is 5.91 Å². The summed E-state index contributed by atoms with van der Waals surface area (Å²) in [5, 5.41) is 5.43. The van der Waals surface area contributed by atoms with E-state index in [1.54, 1.807) is 36.8 Å². The molecule has 26 heavy (non-hydrogen) atoms. The Morgan fingerprint density at radius 3 is 2.46 bits per heavy atom. The highest BCUT2D eigenvalue weighted by atomic mass is 16.2. The van der Waals surface area contributed by atoms with E-state index in [1.807, 2.05) is 35.0 Å². The zero-order chi connectivity index (χ0) is 18.4. The van der Waals surface area contributed by atoms with Gasteiger partial charge in [0, 0.05) is 31.0 Å². The van der Waals surface area contributed by atoms with Gasteiger partial charge in [0.1, 0.15) is 0 Å². The predicted molar refractivity (Wildman–Crippen MR) is 97.6 cm³/mol. The summed E-state index contributed by atoms with van der Waals surface area (Å²) in [6, 6.07) is 14.2. The lowest BCUT2D eigenvalue weighted by atomic mass is 10.1. The quantitative estimate of drug-likeness (QED) is 0.634. The second-order valence-electron chi connectivity index (χ2n) is 5.70. The number of nitrogens with zero attached hydrogens (tertiary/aromatic N) is 2. The van der Waals surface area contributed by atoms with Gasteiger partial charge in [0.2, 0.25) is 0 Å². The van der Waals surface area contributed by atoms with Gasteiger partial charge in [0.15, 0.2) is 0 Å². The van der Waals surface area contributed by atoms with Gasteiger partial charge in [-0.15, -0.1) is 0 Å². The smallest absolute Gasteiger partial charge is 0.312 e. The zero-order valence-electron chi connectivity index (χ0n) is 14.1. The van der Waals surface area contributed by atoms with Gasteiger partial charge in [-0.2, -0.15) is 0 Å². The van der Waals surface area contributed by atoms with E-state index >= 15 is 0 Å². The lowest BCUT2D eigenvalue weighted by Gasteiger charge is -2.11. The number of carbonyl (C=O) groups is 2. The Morgan fingerprint density at radius 2 is 1.77 bits per heavy atom. The minimum atomic E-state index is -0.580. The SMILES string of the molecule is NC(=O)NCc1ccc(C(=O)NCc2ccccc2-n2ccnc2)cc1. The highest BCUT2D eigenvalue weighted by Crippen LogP contribution is 2.14. The first-order valence-electron chi connectivity index (χ1n) is 8.10. The monoisotopic (exact) mass is 349 g/mol. The van der Waals surface area contributed by atoms with E-state index in [4.69, 9.17) is 5.73 Å². The van der Waals surface area contributed by atoms with Gasteiger partial charge in [-0.1, -0.05) is 30.3 Å². The molecular weight excluding hydrogens is 330 g/mol. The Morgan fingerprint density at radius 1 is 1.00 bits per heavy atom. The second kappa shape index (κ2) is 7.98. The summed E-state index contributed by atoms with van der Waals surface area (Å²) in [5.41, 5.74) is 8.41. The first kappa shape index (κ1) is 17.2. The zero-order valence-corrected chi connectivity index (χ0v) is 14.1. The van der Waals surface area contributed by atoms with Crippen molar-refractivity contribution in [2.45, 2.75) is 13.1 Å². The predicted octanol–water partition coefficient (Wildman–Crippen LogP) is 1.97. The van der Waals surface area contributed by atoms with Crippen molar-refractivity contribution in [3.05, 3.63) is 83.9 Å². The number of hydrogen-bond acceptors (Lipinski definition) is 3. The van der Waals surface area contributed by atoms with Crippen molar-refractivity contribution >= 4 is 11.9 Å². The standard InChI is InChI=1S/C19H19N5O2/c20-19(26)23-11-14-5-7-15(8-6-14)18(25)22-12-16-3-1-2-4-17(16)24-10-9-21-13-24/h1-10,13H,11-12H2,(H,22,25)(H3,20,23,26). The molecule has 3 amide bonds. The maximum atomic E-state index is 12.4. The van der Waals surface area contributed by atoms with E-state index in [0.29, 0.717) is 18.7 Å². The number of hydrogen-bond donors (Lipinski definition) is 3. The molecule has 7 heteroatoms. The molecule has 0 saturated heterocycles. The van der Waals surface area contributed by atoms with E-state index < -0.39 is 6.03 Å². The molecule has 0 aliphatic rings. The molecule has 1 heterocycles. The molecule has 0 bridgehead atoms. The maximum absolute atomic E-state index is 12.4. The van der Waals surface area contributed by atoms with Crippen LogP contribution in [0, 0.1) is 0 Å². The number of para-hydroxylation sites is 1. The molecule has 132 valence electrons. The number of primary amides is 1. The second-order valence-corrected chi connectivity index (χ2v) is 5.70. The average molecular weight is 349 g/mol. The molecule has 0 saturated carbocycles. The van der Waals surface area contributed by atoms with Crippen LogP contribution in [-0.2, 0) is 13.1 Å². The van der Waals surface area contributed by atoms with Gasteiger partial charge >= 0.3 is 6.03 Å². The van der Waals surface area contributed by atoms with Crippen LogP contribution in [0.1, 0.15) is 21.5 Å². The van der Waals surface area contributed by atoms with Crippen LogP contribution in [0.2, 0.25) is 0 Å². The van der Waals surface area contributed by atoms with Gasteiger partial charge in [0.05, 0.1) is 12.0 Å².